The molecule has 0 aliphatic carbocycles. The third-order valence-corrected chi connectivity index (χ3v) is 4.86. The molecule has 0 unspecified atom stereocenters. The second-order valence-corrected chi connectivity index (χ2v) is 6.80. The molecule has 0 radical (unpaired) electrons. The molecule has 4 rings (SSSR count). The Morgan fingerprint density at radius 1 is 1.13 bits per heavy atom. The van der Waals surface area contributed by atoms with Crippen molar-refractivity contribution in [1.29, 1.82) is 0 Å². The summed E-state index contributed by atoms with van der Waals surface area (Å²) in [6.45, 7) is 7.56. The summed E-state index contributed by atoms with van der Waals surface area (Å²) in [5, 5.41) is 7.23. The van der Waals surface area contributed by atoms with E-state index in [1.165, 1.54) is 0 Å². The standard InChI is InChI=1S/C15H18N6OS/c1-10(2)12-18-15(22-19-12)21-6-4-20(5-7-21)13-11-3-8-23-14(11)17-9-16-13/h3,8-10H,4-7H2,1-2H3. The van der Waals surface area contributed by atoms with E-state index < -0.39 is 0 Å². The van der Waals surface area contributed by atoms with Crippen LogP contribution in [0.25, 0.3) is 10.2 Å². The molecule has 8 heteroatoms. The van der Waals surface area contributed by atoms with Crippen molar-refractivity contribution in [2.24, 2.45) is 0 Å². The number of piperazine rings is 1. The second-order valence-electron chi connectivity index (χ2n) is 5.90. The Labute approximate surface area is 138 Å². The highest BCUT2D eigenvalue weighted by atomic mass is 32.1. The Morgan fingerprint density at radius 3 is 2.65 bits per heavy atom. The van der Waals surface area contributed by atoms with Gasteiger partial charge in [-0.25, -0.2) is 9.97 Å². The first kappa shape index (κ1) is 14.4. The van der Waals surface area contributed by atoms with Gasteiger partial charge in [0, 0.05) is 32.1 Å². The molecule has 3 aromatic heterocycles. The topological polar surface area (TPSA) is 71.2 Å². The Kier molecular flexibility index (Phi) is 3.60. The average Bonchev–Trinajstić information content (AvgIpc) is 3.24. The maximum Gasteiger partial charge on any atom is 0.324 e. The fraction of sp³-hybridized carbons (Fsp3) is 0.467. The van der Waals surface area contributed by atoms with Crippen LogP contribution in [0.2, 0.25) is 0 Å². The molecule has 7 nitrogen and oxygen atoms in total. The van der Waals surface area contributed by atoms with Crippen molar-refractivity contribution >= 4 is 33.4 Å². The van der Waals surface area contributed by atoms with Crippen molar-refractivity contribution in [1.82, 2.24) is 20.1 Å². The van der Waals surface area contributed by atoms with E-state index in [1.807, 2.05) is 0 Å². The Balaban J connectivity index is 1.49. The SMILES string of the molecule is CC(C)c1noc(N2CCN(c3ncnc4sccc34)CC2)n1. The van der Waals surface area contributed by atoms with Gasteiger partial charge in [0.2, 0.25) is 0 Å². The molecule has 0 aromatic carbocycles. The van der Waals surface area contributed by atoms with Crippen molar-refractivity contribution in [3.63, 3.8) is 0 Å². The van der Waals surface area contributed by atoms with E-state index in [-0.39, 0.29) is 5.92 Å². The molecule has 3 aromatic rings. The summed E-state index contributed by atoms with van der Waals surface area (Å²) in [6.07, 6.45) is 1.65. The fourth-order valence-corrected chi connectivity index (χ4v) is 3.46. The molecule has 1 fully saturated rings. The smallest absolute Gasteiger partial charge is 0.324 e. The van der Waals surface area contributed by atoms with Crippen molar-refractivity contribution in [3.05, 3.63) is 23.6 Å². The lowest BCUT2D eigenvalue weighted by Crippen LogP contribution is -2.47. The number of anilines is 2. The van der Waals surface area contributed by atoms with Gasteiger partial charge in [-0.05, 0) is 11.4 Å². The zero-order valence-electron chi connectivity index (χ0n) is 13.1. The van der Waals surface area contributed by atoms with Gasteiger partial charge in [-0.1, -0.05) is 19.0 Å². The van der Waals surface area contributed by atoms with Gasteiger partial charge in [-0.3, -0.25) is 0 Å². The van der Waals surface area contributed by atoms with Crippen LogP contribution < -0.4 is 9.80 Å². The summed E-state index contributed by atoms with van der Waals surface area (Å²) in [6, 6.07) is 2.71. The zero-order chi connectivity index (χ0) is 15.8. The summed E-state index contributed by atoms with van der Waals surface area (Å²) in [5.74, 6) is 2.06. The maximum atomic E-state index is 5.39. The molecule has 1 aliphatic rings. The molecular formula is C15H18N6OS. The van der Waals surface area contributed by atoms with Crippen LogP contribution in [0, 0.1) is 0 Å². The van der Waals surface area contributed by atoms with Gasteiger partial charge in [-0.15, -0.1) is 11.3 Å². The molecule has 0 saturated carbocycles. The number of fused-ring (bicyclic) bond motifs is 1. The summed E-state index contributed by atoms with van der Waals surface area (Å²) >= 11 is 1.65. The van der Waals surface area contributed by atoms with Crippen LogP contribution >= 0.6 is 11.3 Å². The van der Waals surface area contributed by atoms with Crippen LogP contribution in [-0.4, -0.2) is 46.3 Å². The number of hydrogen-bond donors (Lipinski definition) is 0. The molecule has 23 heavy (non-hydrogen) atoms. The van der Waals surface area contributed by atoms with Crippen molar-refractivity contribution in [2.45, 2.75) is 19.8 Å². The maximum absolute atomic E-state index is 5.39. The highest BCUT2D eigenvalue weighted by molar-refractivity contribution is 7.16. The van der Waals surface area contributed by atoms with Crippen LogP contribution in [0.3, 0.4) is 0 Å². The van der Waals surface area contributed by atoms with Gasteiger partial charge in [-0.2, -0.15) is 4.98 Å². The quantitative estimate of drug-likeness (QED) is 0.730. The largest absolute Gasteiger partial charge is 0.352 e. The molecular weight excluding hydrogens is 312 g/mol. The third kappa shape index (κ3) is 2.63. The minimum Gasteiger partial charge on any atom is -0.352 e. The first-order valence-corrected chi connectivity index (χ1v) is 8.62. The van der Waals surface area contributed by atoms with Gasteiger partial charge < -0.3 is 14.3 Å². The lowest BCUT2D eigenvalue weighted by molar-refractivity contribution is 0.400. The molecule has 4 heterocycles. The van der Waals surface area contributed by atoms with E-state index in [0.717, 1.165) is 48.0 Å². The third-order valence-electron chi connectivity index (χ3n) is 4.04. The highest BCUT2D eigenvalue weighted by Gasteiger charge is 2.24. The molecule has 0 N–H and O–H groups in total. The van der Waals surface area contributed by atoms with Gasteiger partial charge in [0.1, 0.15) is 17.0 Å². The predicted molar refractivity (Wildman–Crippen MR) is 90.2 cm³/mol. The van der Waals surface area contributed by atoms with Crippen molar-refractivity contribution in [2.75, 3.05) is 36.0 Å². The zero-order valence-corrected chi connectivity index (χ0v) is 14.0. The lowest BCUT2D eigenvalue weighted by atomic mass is 10.2. The molecule has 1 saturated heterocycles. The van der Waals surface area contributed by atoms with Crippen LogP contribution in [-0.2, 0) is 0 Å². The van der Waals surface area contributed by atoms with E-state index >= 15 is 0 Å². The van der Waals surface area contributed by atoms with Crippen molar-refractivity contribution < 1.29 is 4.52 Å². The van der Waals surface area contributed by atoms with Gasteiger partial charge in [0.25, 0.3) is 0 Å². The fourth-order valence-electron chi connectivity index (χ4n) is 2.73. The first-order chi connectivity index (χ1) is 11.2. The number of thiophene rings is 1. The average molecular weight is 330 g/mol. The van der Waals surface area contributed by atoms with Gasteiger partial charge >= 0.3 is 6.01 Å². The van der Waals surface area contributed by atoms with E-state index in [4.69, 9.17) is 4.52 Å². The minimum absolute atomic E-state index is 0.279. The normalized spacial score (nSPS) is 15.8. The van der Waals surface area contributed by atoms with Gasteiger partial charge in [0.05, 0.1) is 5.39 Å². The molecule has 0 amide bonds. The molecule has 0 spiro atoms. The number of aromatic nitrogens is 4. The summed E-state index contributed by atoms with van der Waals surface area (Å²) in [5.41, 5.74) is 0. The number of nitrogens with zero attached hydrogens (tertiary/aromatic N) is 6. The molecule has 1 aliphatic heterocycles. The Bertz CT molecular complexity index is 805. The van der Waals surface area contributed by atoms with E-state index in [1.54, 1.807) is 17.7 Å². The lowest BCUT2D eigenvalue weighted by Gasteiger charge is -2.34. The minimum atomic E-state index is 0.279. The predicted octanol–water partition coefficient (Wildman–Crippen LogP) is 2.52. The summed E-state index contributed by atoms with van der Waals surface area (Å²) < 4.78 is 5.39. The number of hydrogen-bond acceptors (Lipinski definition) is 8. The Morgan fingerprint density at radius 2 is 1.91 bits per heavy atom. The number of rotatable bonds is 3. The van der Waals surface area contributed by atoms with Crippen LogP contribution in [0.4, 0.5) is 11.8 Å². The van der Waals surface area contributed by atoms with Gasteiger partial charge in [0.15, 0.2) is 5.82 Å². The van der Waals surface area contributed by atoms with Crippen molar-refractivity contribution in [3.8, 4) is 0 Å². The molecule has 120 valence electrons. The highest BCUT2D eigenvalue weighted by Crippen LogP contribution is 2.28. The van der Waals surface area contributed by atoms with Crippen LogP contribution in [0.5, 0.6) is 0 Å². The van der Waals surface area contributed by atoms with Crippen LogP contribution in [0.15, 0.2) is 22.3 Å². The molecule has 0 atom stereocenters. The van der Waals surface area contributed by atoms with Crippen LogP contribution in [0.1, 0.15) is 25.6 Å². The van der Waals surface area contributed by atoms with E-state index in [2.05, 4.69) is 55.2 Å². The summed E-state index contributed by atoms with van der Waals surface area (Å²) in [4.78, 5) is 18.8. The van der Waals surface area contributed by atoms with E-state index in [0.29, 0.717) is 6.01 Å². The first-order valence-electron chi connectivity index (χ1n) is 7.74. The monoisotopic (exact) mass is 330 g/mol. The molecule has 0 bridgehead atoms. The van der Waals surface area contributed by atoms with E-state index in [9.17, 15) is 0 Å². The summed E-state index contributed by atoms with van der Waals surface area (Å²) in [7, 11) is 0. The Hall–Kier alpha value is -2.22. The second kappa shape index (κ2) is 5.77.